The lowest BCUT2D eigenvalue weighted by atomic mass is 10.1. The second-order valence-electron chi connectivity index (χ2n) is 4.00. The minimum absolute atomic E-state index is 0.0126. The number of hydrogen-bond acceptors (Lipinski definition) is 3. The highest BCUT2D eigenvalue weighted by molar-refractivity contribution is 6.07. The standard InChI is InChI=1S/C13H12N2O3/c1-3-6-14-8-12(9(2)16)11-7-10(15(17)18)4-5-13(11)14/h3-5,7-8H,1,6H2,2H3. The van der Waals surface area contributed by atoms with Crippen molar-refractivity contribution in [2.75, 3.05) is 0 Å². The third-order valence-corrected chi connectivity index (χ3v) is 2.78. The van der Waals surface area contributed by atoms with Crippen LogP contribution in [-0.2, 0) is 6.54 Å². The van der Waals surface area contributed by atoms with E-state index in [-0.39, 0.29) is 11.5 Å². The van der Waals surface area contributed by atoms with Gasteiger partial charge < -0.3 is 4.57 Å². The molecule has 0 atom stereocenters. The molecule has 2 rings (SSSR count). The zero-order valence-corrected chi connectivity index (χ0v) is 9.92. The van der Waals surface area contributed by atoms with E-state index in [1.807, 2.05) is 4.57 Å². The molecule has 2 aromatic rings. The van der Waals surface area contributed by atoms with E-state index in [9.17, 15) is 14.9 Å². The molecule has 1 heterocycles. The van der Waals surface area contributed by atoms with E-state index >= 15 is 0 Å². The maximum atomic E-state index is 11.5. The van der Waals surface area contributed by atoms with Gasteiger partial charge in [0.05, 0.1) is 4.92 Å². The number of benzene rings is 1. The quantitative estimate of drug-likeness (QED) is 0.359. The van der Waals surface area contributed by atoms with Crippen LogP contribution in [0.4, 0.5) is 5.69 Å². The average molecular weight is 244 g/mol. The number of allylic oxidation sites excluding steroid dienone is 1. The fraction of sp³-hybridized carbons (Fsp3) is 0.154. The normalized spacial score (nSPS) is 10.5. The highest BCUT2D eigenvalue weighted by atomic mass is 16.6. The van der Waals surface area contributed by atoms with Gasteiger partial charge in [0, 0.05) is 41.3 Å². The number of nitrogens with zero attached hydrogens (tertiary/aromatic N) is 2. The Labute approximate surface area is 103 Å². The molecule has 0 amide bonds. The minimum atomic E-state index is -0.464. The first-order valence-electron chi connectivity index (χ1n) is 5.43. The van der Waals surface area contributed by atoms with Crippen molar-refractivity contribution in [3.63, 3.8) is 0 Å². The minimum Gasteiger partial charge on any atom is -0.343 e. The number of Topliss-reactive ketones (excluding diaryl/α,β-unsaturated/α-hetero) is 1. The topological polar surface area (TPSA) is 65.1 Å². The van der Waals surface area contributed by atoms with E-state index in [0.29, 0.717) is 17.5 Å². The van der Waals surface area contributed by atoms with Crippen LogP contribution >= 0.6 is 0 Å². The molecule has 0 fully saturated rings. The van der Waals surface area contributed by atoms with E-state index in [1.165, 1.54) is 19.1 Å². The number of carbonyl (C=O) groups is 1. The van der Waals surface area contributed by atoms with Gasteiger partial charge in [0.15, 0.2) is 5.78 Å². The number of nitro benzene ring substituents is 1. The highest BCUT2D eigenvalue weighted by Gasteiger charge is 2.15. The molecule has 1 aromatic carbocycles. The summed E-state index contributed by atoms with van der Waals surface area (Å²) in [7, 11) is 0. The van der Waals surface area contributed by atoms with E-state index in [2.05, 4.69) is 6.58 Å². The number of non-ortho nitro benzene ring substituents is 1. The lowest BCUT2D eigenvalue weighted by Gasteiger charge is -1.99. The van der Waals surface area contributed by atoms with Crippen molar-refractivity contribution in [2.45, 2.75) is 13.5 Å². The van der Waals surface area contributed by atoms with E-state index in [0.717, 1.165) is 5.52 Å². The van der Waals surface area contributed by atoms with Crippen molar-refractivity contribution in [3.05, 3.63) is 52.7 Å². The lowest BCUT2D eigenvalue weighted by Crippen LogP contribution is -1.92. The summed E-state index contributed by atoms with van der Waals surface area (Å²) in [5.41, 5.74) is 1.28. The van der Waals surface area contributed by atoms with Gasteiger partial charge in [-0.3, -0.25) is 14.9 Å². The molecule has 0 unspecified atom stereocenters. The van der Waals surface area contributed by atoms with Crippen LogP contribution in [-0.4, -0.2) is 15.3 Å². The molecule has 0 N–H and O–H groups in total. The monoisotopic (exact) mass is 244 g/mol. The van der Waals surface area contributed by atoms with Crippen LogP contribution in [0.25, 0.3) is 10.9 Å². The first-order valence-corrected chi connectivity index (χ1v) is 5.43. The zero-order chi connectivity index (χ0) is 13.3. The molecule has 0 saturated carbocycles. The largest absolute Gasteiger partial charge is 0.343 e. The Kier molecular flexibility index (Phi) is 2.97. The van der Waals surface area contributed by atoms with Crippen LogP contribution in [0.15, 0.2) is 37.1 Å². The van der Waals surface area contributed by atoms with Crippen molar-refractivity contribution in [2.24, 2.45) is 0 Å². The lowest BCUT2D eigenvalue weighted by molar-refractivity contribution is -0.384. The van der Waals surface area contributed by atoms with E-state index < -0.39 is 4.92 Å². The summed E-state index contributed by atoms with van der Waals surface area (Å²) < 4.78 is 1.85. The summed E-state index contributed by atoms with van der Waals surface area (Å²) in [4.78, 5) is 21.8. The first kappa shape index (κ1) is 12.0. The zero-order valence-electron chi connectivity index (χ0n) is 9.92. The summed E-state index contributed by atoms with van der Waals surface area (Å²) in [6.07, 6.45) is 3.42. The predicted molar refractivity (Wildman–Crippen MR) is 68.8 cm³/mol. The molecule has 0 bridgehead atoms. The number of ketones is 1. The van der Waals surface area contributed by atoms with Crippen LogP contribution < -0.4 is 0 Å². The second-order valence-corrected chi connectivity index (χ2v) is 4.00. The molecular formula is C13H12N2O3. The molecule has 0 saturated heterocycles. The van der Waals surface area contributed by atoms with E-state index in [1.54, 1.807) is 18.3 Å². The van der Waals surface area contributed by atoms with Gasteiger partial charge in [0.2, 0.25) is 0 Å². The Bertz CT molecular complexity index is 656. The molecule has 0 aliphatic rings. The van der Waals surface area contributed by atoms with Crippen LogP contribution in [0, 0.1) is 10.1 Å². The molecule has 5 heteroatoms. The first-order chi connectivity index (χ1) is 8.54. The fourth-order valence-corrected chi connectivity index (χ4v) is 1.97. The smallest absolute Gasteiger partial charge is 0.270 e. The molecule has 0 radical (unpaired) electrons. The molecule has 92 valence electrons. The van der Waals surface area contributed by atoms with Gasteiger partial charge in [-0.2, -0.15) is 0 Å². The molecule has 0 aliphatic heterocycles. The van der Waals surface area contributed by atoms with E-state index in [4.69, 9.17) is 0 Å². The molecule has 18 heavy (non-hydrogen) atoms. The van der Waals surface area contributed by atoms with Crippen LogP contribution in [0.1, 0.15) is 17.3 Å². The Hall–Kier alpha value is -2.43. The number of fused-ring (bicyclic) bond motifs is 1. The van der Waals surface area contributed by atoms with Crippen LogP contribution in [0.5, 0.6) is 0 Å². The number of hydrogen-bond donors (Lipinski definition) is 0. The average Bonchev–Trinajstić information content (AvgIpc) is 2.68. The number of rotatable bonds is 4. The Morgan fingerprint density at radius 2 is 2.28 bits per heavy atom. The van der Waals surface area contributed by atoms with Gasteiger partial charge in [0.25, 0.3) is 5.69 Å². The predicted octanol–water partition coefficient (Wildman–Crippen LogP) is 2.94. The molecular weight excluding hydrogens is 232 g/mol. The Morgan fingerprint density at radius 3 is 2.83 bits per heavy atom. The van der Waals surface area contributed by atoms with Gasteiger partial charge in [-0.05, 0) is 13.0 Å². The van der Waals surface area contributed by atoms with Crippen molar-refractivity contribution in [1.82, 2.24) is 4.57 Å². The third-order valence-electron chi connectivity index (χ3n) is 2.78. The number of aromatic nitrogens is 1. The highest BCUT2D eigenvalue weighted by Crippen LogP contribution is 2.26. The number of carbonyl (C=O) groups excluding carboxylic acids is 1. The summed E-state index contributed by atoms with van der Waals surface area (Å²) in [6, 6.07) is 4.53. The fourth-order valence-electron chi connectivity index (χ4n) is 1.97. The van der Waals surface area contributed by atoms with Gasteiger partial charge in [-0.1, -0.05) is 6.08 Å². The molecule has 0 spiro atoms. The van der Waals surface area contributed by atoms with Gasteiger partial charge in [-0.25, -0.2) is 0 Å². The maximum absolute atomic E-state index is 11.5. The Balaban J connectivity index is 2.74. The molecule has 0 aliphatic carbocycles. The van der Waals surface area contributed by atoms with Gasteiger partial charge in [0.1, 0.15) is 0 Å². The molecule has 5 nitrogen and oxygen atoms in total. The SMILES string of the molecule is C=CCn1cc(C(C)=O)c2cc([N+](=O)[O-])ccc21. The third kappa shape index (κ3) is 1.90. The van der Waals surface area contributed by atoms with Crippen LogP contribution in [0.2, 0.25) is 0 Å². The van der Waals surface area contributed by atoms with Crippen molar-refractivity contribution >= 4 is 22.4 Å². The maximum Gasteiger partial charge on any atom is 0.270 e. The van der Waals surface area contributed by atoms with Crippen molar-refractivity contribution in [3.8, 4) is 0 Å². The van der Waals surface area contributed by atoms with Gasteiger partial charge in [-0.15, -0.1) is 6.58 Å². The van der Waals surface area contributed by atoms with Crippen LogP contribution in [0.3, 0.4) is 0 Å². The summed E-state index contributed by atoms with van der Waals surface area (Å²) in [6.45, 7) is 5.66. The Morgan fingerprint density at radius 1 is 1.56 bits per heavy atom. The summed E-state index contributed by atoms with van der Waals surface area (Å²) in [5, 5.41) is 11.4. The van der Waals surface area contributed by atoms with Crippen molar-refractivity contribution in [1.29, 1.82) is 0 Å². The summed E-state index contributed by atoms with van der Waals surface area (Å²) >= 11 is 0. The summed E-state index contributed by atoms with van der Waals surface area (Å²) in [5.74, 6) is -0.108. The second kappa shape index (κ2) is 4.44. The van der Waals surface area contributed by atoms with Crippen molar-refractivity contribution < 1.29 is 9.72 Å². The van der Waals surface area contributed by atoms with Gasteiger partial charge >= 0.3 is 0 Å². The number of nitro groups is 1. The molecule has 1 aromatic heterocycles.